The molecular weight excluding hydrogens is 158 g/mol. The molecule has 3 heteroatoms. The summed E-state index contributed by atoms with van der Waals surface area (Å²) in [5.74, 6) is 2.39. The first kappa shape index (κ1) is 8.25. The maximum atomic E-state index is 9.34. The van der Waals surface area contributed by atoms with Gasteiger partial charge in [0.05, 0.1) is 10.7 Å². The Hall–Kier alpha value is -0.850. The van der Waals surface area contributed by atoms with E-state index in [0.717, 1.165) is 5.01 Å². The lowest BCUT2D eigenvalue weighted by Crippen LogP contribution is -1.95. The van der Waals surface area contributed by atoms with Crippen LogP contribution in [0, 0.1) is 19.3 Å². The van der Waals surface area contributed by atoms with E-state index in [9.17, 15) is 5.11 Å². The largest absolute Gasteiger partial charge is 0.386 e. The monoisotopic (exact) mass is 167 g/mol. The van der Waals surface area contributed by atoms with Gasteiger partial charge in [-0.15, -0.1) is 23.7 Å². The SMILES string of the molecule is C#CCC(O)c1csc(C)n1. The number of terminal acetylenes is 1. The van der Waals surface area contributed by atoms with E-state index in [1.165, 1.54) is 11.3 Å². The summed E-state index contributed by atoms with van der Waals surface area (Å²) in [5.41, 5.74) is 0.686. The van der Waals surface area contributed by atoms with Crippen molar-refractivity contribution < 1.29 is 5.11 Å². The summed E-state index contributed by atoms with van der Waals surface area (Å²) in [6.45, 7) is 1.90. The number of thiazole rings is 1. The third-order valence-corrected chi connectivity index (χ3v) is 2.08. The van der Waals surface area contributed by atoms with E-state index in [1.54, 1.807) is 0 Å². The average molecular weight is 167 g/mol. The molecule has 0 saturated heterocycles. The molecule has 1 aromatic heterocycles. The highest BCUT2D eigenvalue weighted by atomic mass is 32.1. The first-order valence-electron chi connectivity index (χ1n) is 3.27. The number of rotatable bonds is 2. The number of hydrogen-bond acceptors (Lipinski definition) is 3. The summed E-state index contributed by atoms with van der Waals surface area (Å²) in [5, 5.41) is 12.1. The van der Waals surface area contributed by atoms with Crippen LogP contribution in [-0.4, -0.2) is 10.1 Å². The molecular formula is C8H9NOS. The van der Waals surface area contributed by atoms with E-state index in [0.29, 0.717) is 12.1 Å². The molecule has 0 bridgehead atoms. The molecule has 1 unspecified atom stereocenters. The van der Waals surface area contributed by atoms with Crippen molar-refractivity contribution in [2.75, 3.05) is 0 Å². The predicted octanol–water partition coefficient (Wildman–Crippen LogP) is 1.51. The van der Waals surface area contributed by atoms with Crippen LogP contribution in [0.4, 0.5) is 0 Å². The van der Waals surface area contributed by atoms with Gasteiger partial charge in [0, 0.05) is 11.8 Å². The van der Waals surface area contributed by atoms with Gasteiger partial charge in [-0.05, 0) is 6.92 Å². The van der Waals surface area contributed by atoms with Gasteiger partial charge in [0.25, 0.3) is 0 Å². The fourth-order valence-electron chi connectivity index (χ4n) is 0.749. The molecule has 1 aromatic rings. The van der Waals surface area contributed by atoms with E-state index in [2.05, 4.69) is 10.9 Å². The standard InChI is InChI=1S/C8H9NOS/c1-3-4-8(10)7-5-11-6(2)9-7/h1,5,8,10H,4H2,2H3. The Labute approximate surface area is 69.9 Å². The highest BCUT2D eigenvalue weighted by Gasteiger charge is 2.08. The van der Waals surface area contributed by atoms with Crippen LogP contribution in [0.5, 0.6) is 0 Å². The summed E-state index contributed by atoms with van der Waals surface area (Å²) in [6.07, 6.45) is 4.78. The molecule has 0 amide bonds. The number of aromatic nitrogens is 1. The lowest BCUT2D eigenvalue weighted by molar-refractivity contribution is 0.180. The van der Waals surface area contributed by atoms with Crippen LogP contribution < -0.4 is 0 Å². The summed E-state index contributed by atoms with van der Waals surface area (Å²) < 4.78 is 0. The lowest BCUT2D eigenvalue weighted by atomic mass is 10.2. The van der Waals surface area contributed by atoms with E-state index in [4.69, 9.17) is 6.42 Å². The van der Waals surface area contributed by atoms with Gasteiger partial charge in [0.15, 0.2) is 0 Å². The fraction of sp³-hybridized carbons (Fsp3) is 0.375. The molecule has 0 aliphatic carbocycles. The van der Waals surface area contributed by atoms with E-state index in [1.807, 2.05) is 12.3 Å². The van der Waals surface area contributed by atoms with Crippen molar-refractivity contribution in [1.29, 1.82) is 0 Å². The molecule has 0 radical (unpaired) electrons. The Morgan fingerprint density at radius 2 is 2.64 bits per heavy atom. The van der Waals surface area contributed by atoms with Gasteiger partial charge in [0.2, 0.25) is 0 Å². The van der Waals surface area contributed by atoms with Crippen molar-refractivity contribution in [2.24, 2.45) is 0 Å². The molecule has 0 aromatic carbocycles. The Kier molecular flexibility index (Phi) is 2.64. The van der Waals surface area contributed by atoms with Gasteiger partial charge in [-0.3, -0.25) is 0 Å². The van der Waals surface area contributed by atoms with Crippen molar-refractivity contribution in [2.45, 2.75) is 19.4 Å². The molecule has 1 heterocycles. The Morgan fingerprint density at radius 1 is 1.91 bits per heavy atom. The maximum absolute atomic E-state index is 9.34. The number of hydrogen-bond donors (Lipinski definition) is 1. The lowest BCUT2D eigenvalue weighted by Gasteiger charge is -2.00. The van der Waals surface area contributed by atoms with Gasteiger partial charge in [-0.2, -0.15) is 0 Å². The predicted molar refractivity (Wildman–Crippen MR) is 45.3 cm³/mol. The third-order valence-electron chi connectivity index (χ3n) is 1.29. The fourth-order valence-corrected chi connectivity index (χ4v) is 1.41. The number of aliphatic hydroxyl groups excluding tert-OH is 1. The Morgan fingerprint density at radius 3 is 3.09 bits per heavy atom. The smallest absolute Gasteiger partial charge is 0.108 e. The van der Waals surface area contributed by atoms with Gasteiger partial charge in [0.1, 0.15) is 6.10 Å². The molecule has 11 heavy (non-hydrogen) atoms. The van der Waals surface area contributed by atoms with Gasteiger partial charge in [-0.1, -0.05) is 0 Å². The van der Waals surface area contributed by atoms with Gasteiger partial charge in [-0.25, -0.2) is 4.98 Å². The summed E-state index contributed by atoms with van der Waals surface area (Å²) >= 11 is 1.52. The molecule has 1 atom stereocenters. The van der Waals surface area contributed by atoms with Crippen LogP contribution in [0.1, 0.15) is 23.2 Å². The topological polar surface area (TPSA) is 33.1 Å². The normalized spacial score (nSPS) is 12.5. The average Bonchev–Trinajstić information content (AvgIpc) is 2.36. The van der Waals surface area contributed by atoms with Crippen molar-refractivity contribution in [3.05, 3.63) is 16.1 Å². The minimum absolute atomic E-state index is 0.336. The van der Waals surface area contributed by atoms with Crippen molar-refractivity contribution >= 4 is 11.3 Å². The van der Waals surface area contributed by atoms with Crippen LogP contribution in [0.15, 0.2) is 5.38 Å². The molecule has 2 nitrogen and oxygen atoms in total. The zero-order valence-electron chi connectivity index (χ0n) is 6.24. The second-order valence-corrected chi connectivity index (χ2v) is 3.28. The quantitative estimate of drug-likeness (QED) is 0.677. The van der Waals surface area contributed by atoms with Crippen molar-refractivity contribution in [3.8, 4) is 12.3 Å². The zero-order chi connectivity index (χ0) is 8.27. The van der Waals surface area contributed by atoms with Gasteiger partial charge >= 0.3 is 0 Å². The summed E-state index contributed by atoms with van der Waals surface area (Å²) in [4.78, 5) is 4.10. The molecule has 0 fully saturated rings. The summed E-state index contributed by atoms with van der Waals surface area (Å²) in [6, 6.07) is 0. The molecule has 0 aliphatic rings. The second-order valence-electron chi connectivity index (χ2n) is 2.22. The van der Waals surface area contributed by atoms with E-state index in [-0.39, 0.29) is 0 Å². The third kappa shape index (κ3) is 2.04. The molecule has 0 spiro atoms. The minimum Gasteiger partial charge on any atom is -0.386 e. The van der Waals surface area contributed by atoms with Crippen LogP contribution in [-0.2, 0) is 0 Å². The molecule has 58 valence electrons. The highest BCUT2D eigenvalue weighted by molar-refractivity contribution is 7.09. The van der Waals surface area contributed by atoms with Crippen molar-refractivity contribution in [3.63, 3.8) is 0 Å². The molecule has 1 rings (SSSR count). The molecule has 0 saturated carbocycles. The minimum atomic E-state index is -0.593. The molecule has 1 N–H and O–H groups in total. The zero-order valence-corrected chi connectivity index (χ0v) is 7.06. The van der Waals surface area contributed by atoms with E-state index < -0.39 is 6.10 Å². The number of aliphatic hydroxyl groups is 1. The van der Waals surface area contributed by atoms with Crippen molar-refractivity contribution in [1.82, 2.24) is 4.98 Å². The number of aryl methyl sites for hydroxylation is 1. The van der Waals surface area contributed by atoms with Crippen LogP contribution in [0.2, 0.25) is 0 Å². The van der Waals surface area contributed by atoms with Crippen LogP contribution >= 0.6 is 11.3 Å². The first-order valence-corrected chi connectivity index (χ1v) is 4.15. The Bertz CT molecular complexity index is 274. The summed E-state index contributed by atoms with van der Waals surface area (Å²) in [7, 11) is 0. The number of nitrogens with zero attached hydrogens (tertiary/aromatic N) is 1. The second kappa shape index (κ2) is 3.51. The van der Waals surface area contributed by atoms with E-state index >= 15 is 0 Å². The van der Waals surface area contributed by atoms with Crippen LogP contribution in [0.25, 0.3) is 0 Å². The Balaban J connectivity index is 2.70. The highest BCUT2D eigenvalue weighted by Crippen LogP contribution is 2.17. The van der Waals surface area contributed by atoms with Crippen LogP contribution in [0.3, 0.4) is 0 Å². The maximum Gasteiger partial charge on any atom is 0.108 e. The molecule has 0 aliphatic heterocycles. The van der Waals surface area contributed by atoms with Gasteiger partial charge < -0.3 is 5.11 Å². The first-order chi connectivity index (χ1) is 5.24.